The predicted octanol–water partition coefficient (Wildman–Crippen LogP) is 3.22. The molecule has 0 spiro atoms. The summed E-state index contributed by atoms with van der Waals surface area (Å²) < 4.78 is 0. The topological polar surface area (TPSA) is 23.8 Å². The van der Waals surface area contributed by atoms with Crippen LogP contribution in [0.3, 0.4) is 0 Å². The van der Waals surface area contributed by atoms with Crippen LogP contribution in [0.25, 0.3) is 0 Å². The van der Waals surface area contributed by atoms with Crippen molar-refractivity contribution in [1.82, 2.24) is 0 Å². The lowest BCUT2D eigenvalue weighted by Crippen LogP contribution is -2.28. The van der Waals surface area contributed by atoms with Gasteiger partial charge in [-0.1, -0.05) is 20.8 Å². The van der Waals surface area contributed by atoms with E-state index in [1.807, 2.05) is 0 Å². The fraction of sp³-hybridized carbons (Fsp3) is 0.917. The normalized spacial score (nSPS) is 43.5. The molecule has 13 heavy (non-hydrogen) atoms. The van der Waals surface area contributed by atoms with Crippen LogP contribution in [0.2, 0.25) is 0 Å². The minimum Gasteiger partial charge on any atom is -0.198 e. The van der Waals surface area contributed by atoms with Crippen molar-refractivity contribution < 1.29 is 0 Å². The summed E-state index contributed by atoms with van der Waals surface area (Å²) in [5.41, 5.74) is 0.458. The van der Waals surface area contributed by atoms with E-state index in [0.717, 1.165) is 17.8 Å². The van der Waals surface area contributed by atoms with Gasteiger partial charge in [0, 0.05) is 5.92 Å². The van der Waals surface area contributed by atoms with Crippen molar-refractivity contribution in [3.05, 3.63) is 0 Å². The molecule has 1 nitrogen and oxygen atoms in total. The summed E-state index contributed by atoms with van der Waals surface area (Å²) in [5, 5.41) is 8.93. The first kappa shape index (κ1) is 9.06. The van der Waals surface area contributed by atoms with Crippen LogP contribution in [-0.2, 0) is 0 Å². The summed E-state index contributed by atoms with van der Waals surface area (Å²) in [4.78, 5) is 0. The number of hydrogen-bond acceptors (Lipinski definition) is 1. The Morgan fingerprint density at radius 2 is 1.77 bits per heavy atom. The Morgan fingerprint density at radius 1 is 1.08 bits per heavy atom. The summed E-state index contributed by atoms with van der Waals surface area (Å²) in [6, 6.07) is 2.47. The van der Waals surface area contributed by atoms with Crippen molar-refractivity contribution in [3.63, 3.8) is 0 Å². The molecule has 0 saturated heterocycles. The Kier molecular flexibility index (Phi) is 1.91. The van der Waals surface area contributed by atoms with Gasteiger partial charge < -0.3 is 0 Å². The van der Waals surface area contributed by atoms with Crippen LogP contribution >= 0.6 is 0 Å². The van der Waals surface area contributed by atoms with E-state index in [1.54, 1.807) is 0 Å². The highest BCUT2D eigenvalue weighted by molar-refractivity contribution is 5.04. The SMILES string of the molecule is CC(C)(C)C1CC2CC1CC2C#N. The average Bonchev–Trinajstić information content (AvgIpc) is 2.59. The minimum atomic E-state index is 0.392. The number of nitriles is 1. The Bertz CT molecular complexity index is 243. The maximum atomic E-state index is 8.93. The number of nitrogens with zero attached hydrogens (tertiary/aromatic N) is 1. The first-order chi connectivity index (χ1) is 6.02. The fourth-order valence-electron chi connectivity index (χ4n) is 3.49. The number of hydrogen-bond donors (Lipinski definition) is 0. The first-order valence-electron chi connectivity index (χ1n) is 5.42. The van der Waals surface area contributed by atoms with Gasteiger partial charge in [-0.3, -0.25) is 0 Å². The van der Waals surface area contributed by atoms with Crippen LogP contribution in [0.1, 0.15) is 40.0 Å². The summed E-state index contributed by atoms with van der Waals surface area (Å²) in [7, 11) is 0. The van der Waals surface area contributed by atoms with Gasteiger partial charge in [0.15, 0.2) is 0 Å². The quantitative estimate of drug-likeness (QED) is 0.557. The summed E-state index contributed by atoms with van der Waals surface area (Å²) in [5.74, 6) is 2.86. The smallest absolute Gasteiger partial charge is 0.0658 e. The lowest BCUT2D eigenvalue weighted by molar-refractivity contribution is 0.148. The molecule has 2 saturated carbocycles. The number of rotatable bonds is 0. The molecule has 2 aliphatic carbocycles. The van der Waals surface area contributed by atoms with Gasteiger partial charge in [-0.05, 0) is 42.4 Å². The van der Waals surface area contributed by atoms with E-state index < -0.39 is 0 Å². The van der Waals surface area contributed by atoms with Crippen molar-refractivity contribution in [2.45, 2.75) is 40.0 Å². The van der Waals surface area contributed by atoms with Gasteiger partial charge in [-0.15, -0.1) is 0 Å². The molecule has 0 aromatic rings. The zero-order chi connectivity index (χ0) is 9.64. The largest absolute Gasteiger partial charge is 0.198 e. The maximum Gasteiger partial charge on any atom is 0.0658 e. The van der Waals surface area contributed by atoms with Gasteiger partial charge in [0.25, 0.3) is 0 Å². The lowest BCUT2D eigenvalue weighted by atomic mass is 9.70. The van der Waals surface area contributed by atoms with Gasteiger partial charge >= 0.3 is 0 Å². The molecule has 0 aromatic carbocycles. The van der Waals surface area contributed by atoms with Gasteiger partial charge in [-0.25, -0.2) is 0 Å². The third-order valence-electron chi connectivity index (χ3n) is 4.14. The molecular weight excluding hydrogens is 158 g/mol. The van der Waals surface area contributed by atoms with Gasteiger partial charge in [0.1, 0.15) is 0 Å². The molecule has 2 aliphatic rings. The molecule has 0 aliphatic heterocycles. The predicted molar refractivity (Wildman–Crippen MR) is 52.9 cm³/mol. The highest BCUT2D eigenvalue weighted by Crippen LogP contribution is 2.56. The molecular formula is C12H19N. The molecule has 0 heterocycles. The van der Waals surface area contributed by atoms with E-state index in [9.17, 15) is 0 Å². The summed E-state index contributed by atoms with van der Waals surface area (Å²) >= 11 is 0. The second-order valence-electron chi connectivity index (χ2n) is 5.94. The Labute approximate surface area is 81.1 Å². The highest BCUT2D eigenvalue weighted by atomic mass is 14.5. The van der Waals surface area contributed by atoms with Crippen molar-refractivity contribution in [3.8, 4) is 6.07 Å². The second kappa shape index (κ2) is 2.74. The molecule has 0 amide bonds. The molecule has 72 valence electrons. The van der Waals surface area contributed by atoms with Crippen LogP contribution in [0, 0.1) is 40.4 Å². The van der Waals surface area contributed by atoms with Crippen molar-refractivity contribution in [2.75, 3.05) is 0 Å². The van der Waals surface area contributed by atoms with E-state index in [0.29, 0.717) is 11.3 Å². The lowest BCUT2D eigenvalue weighted by Gasteiger charge is -2.35. The molecule has 0 radical (unpaired) electrons. The number of fused-ring (bicyclic) bond motifs is 2. The molecule has 0 aromatic heterocycles. The Morgan fingerprint density at radius 3 is 2.15 bits per heavy atom. The van der Waals surface area contributed by atoms with E-state index in [-0.39, 0.29) is 0 Å². The fourth-order valence-corrected chi connectivity index (χ4v) is 3.49. The minimum absolute atomic E-state index is 0.392. The standard InChI is InChI=1S/C12H19N/c1-12(2,3)11-6-8-4-9(11)5-10(8)7-13/h8-11H,4-6H2,1-3H3. The van der Waals surface area contributed by atoms with Gasteiger partial charge in [-0.2, -0.15) is 5.26 Å². The monoisotopic (exact) mass is 177 g/mol. The Balaban J connectivity index is 2.08. The second-order valence-corrected chi connectivity index (χ2v) is 5.94. The molecule has 0 N–H and O–H groups in total. The highest BCUT2D eigenvalue weighted by Gasteiger charge is 2.49. The summed E-state index contributed by atoms with van der Waals surface area (Å²) in [6.45, 7) is 7.04. The van der Waals surface area contributed by atoms with Crippen molar-refractivity contribution >= 4 is 0 Å². The average molecular weight is 177 g/mol. The molecule has 1 heteroatoms. The third-order valence-corrected chi connectivity index (χ3v) is 4.14. The maximum absolute atomic E-state index is 8.93. The van der Waals surface area contributed by atoms with E-state index in [2.05, 4.69) is 26.8 Å². The molecule has 4 unspecified atom stereocenters. The van der Waals surface area contributed by atoms with Gasteiger partial charge in [0.2, 0.25) is 0 Å². The third kappa shape index (κ3) is 1.37. The van der Waals surface area contributed by atoms with Crippen LogP contribution < -0.4 is 0 Å². The van der Waals surface area contributed by atoms with Crippen LogP contribution in [0.4, 0.5) is 0 Å². The van der Waals surface area contributed by atoms with Gasteiger partial charge in [0.05, 0.1) is 6.07 Å². The molecule has 2 fully saturated rings. The molecule has 4 atom stereocenters. The Hall–Kier alpha value is -0.510. The zero-order valence-electron chi connectivity index (χ0n) is 8.88. The van der Waals surface area contributed by atoms with Crippen molar-refractivity contribution in [2.24, 2.45) is 29.1 Å². The van der Waals surface area contributed by atoms with E-state index >= 15 is 0 Å². The molecule has 2 rings (SSSR count). The van der Waals surface area contributed by atoms with Crippen molar-refractivity contribution in [1.29, 1.82) is 5.26 Å². The summed E-state index contributed by atoms with van der Waals surface area (Å²) in [6.07, 6.45) is 3.83. The van der Waals surface area contributed by atoms with Crippen LogP contribution in [0.15, 0.2) is 0 Å². The first-order valence-corrected chi connectivity index (χ1v) is 5.42. The van der Waals surface area contributed by atoms with Crippen LogP contribution in [0.5, 0.6) is 0 Å². The van der Waals surface area contributed by atoms with E-state index in [1.165, 1.54) is 19.3 Å². The zero-order valence-corrected chi connectivity index (χ0v) is 8.88. The molecule has 2 bridgehead atoms. The van der Waals surface area contributed by atoms with E-state index in [4.69, 9.17) is 5.26 Å². The van der Waals surface area contributed by atoms with Crippen LogP contribution in [-0.4, -0.2) is 0 Å².